The first-order chi connectivity index (χ1) is 12.0. The Labute approximate surface area is 149 Å². The van der Waals surface area contributed by atoms with E-state index in [9.17, 15) is 4.79 Å². The van der Waals surface area contributed by atoms with Gasteiger partial charge in [-0.3, -0.25) is 14.8 Å². The van der Waals surface area contributed by atoms with Gasteiger partial charge in [-0.1, -0.05) is 0 Å². The Kier molecular flexibility index (Phi) is 5.76. The van der Waals surface area contributed by atoms with E-state index in [1.165, 1.54) is 0 Å². The Bertz CT molecular complexity index is 561. The van der Waals surface area contributed by atoms with E-state index in [0.29, 0.717) is 6.61 Å². The van der Waals surface area contributed by atoms with Crippen LogP contribution in [0.5, 0.6) is 0 Å². The fourth-order valence-corrected chi connectivity index (χ4v) is 3.77. The molecule has 2 atom stereocenters. The van der Waals surface area contributed by atoms with Gasteiger partial charge in [-0.15, -0.1) is 0 Å². The lowest BCUT2D eigenvalue weighted by Gasteiger charge is -2.39. The summed E-state index contributed by atoms with van der Waals surface area (Å²) < 4.78 is 11.6. The van der Waals surface area contributed by atoms with Crippen LogP contribution in [0.15, 0.2) is 12.4 Å². The van der Waals surface area contributed by atoms with E-state index in [1.54, 1.807) is 6.20 Å². The molecule has 0 aliphatic carbocycles. The van der Waals surface area contributed by atoms with E-state index in [4.69, 9.17) is 9.47 Å². The number of ether oxygens (including phenoxy) is 2. The molecular weight excluding hydrogens is 320 g/mol. The van der Waals surface area contributed by atoms with Crippen LogP contribution in [-0.2, 0) is 14.3 Å². The molecule has 0 unspecified atom stereocenters. The number of H-pyrrole nitrogens is 1. The predicted molar refractivity (Wildman–Crippen MR) is 94.1 cm³/mol. The van der Waals surface area contributed by atoms with Crippen LogP contribution in [0.3, 0.4) is 0 Å². The second kappa shape index (κ2) is 7.85. The molecule has 0 saturated carbocycles. The molecule has 1 aromatic heterocycles. The molecule has 25 heavy (non-hydrogen) atoms. The van der Waals surface area contributed by atoms with Gasteiger partial charge in [-0.05, 0) is 26.7 Å². The lowest BCUT2D eigenvalue weighted by atomic mass is 9.89. The van der Waals surface area contributed by atoms with E-state index >= 15 is 0 Å². The van der Waals surface area contributed by atoms with Crippen molar-refractivity contribution in [1.82, 2.24) is 20.0 Å². The van der Waals surface area contributed by atoms with Crippen molar-refractivity contribution in [2.24, 2.45) is 5.92 Å². The lowest BCUT2D eigenvalue weighted by Crippen LogP contribution is -2.50. The fraction of sp³-hybridized carbons (Fsp3) is 0.778. The third kappa shape index (κ3) is 4.59. The summed E-state index contributed by atoms with van der Waals surface area (Å²) in [6.07, 6.45) is 5.18. The minimum absolute atomic E-state index is 0.107. The van der Waals surface area contributed by atoms with Crippen LogP contribution in [0.2, 0.25) is 0 Å². The number of nitrogens with one attached hydrogen (secondary N) is 1. The molecule has 2 saturated heterocycles. The molecule has 0 aromatic carbocycles. The van der Waals surface area contributed by atoms with E-state index in [1.807, 2.05) is 18.1 Å². The molecule has 7 heteroatoms. The quantitative estimate of drug-likeness (QED) is 0.870. The summed E-state index contributed by atoms with van der Waals surface area (Å²) in [6, 6.07) is 0. The Balaban J connectivity index is 1.55. The van der Waals surface area contributed by atoms with E-state index in [-0.39, 0.29) is 23.5 Å². The van der Waals surface area contributed by atoms with Crippen LogP contribution in [-0.4, -0.2) is 77.9 Å². The molecule has 0 spiro atoms. The average molecular weight is 350 g/mol. The number of rotatable bonds is 5. The summed E-state index contributed by atoms with van der Waals surface area (Å²) >= 11 is 0. The number of carbonyl (C=O) groups is 1. The molecule has 2 fully saturated rings. The summed E-state index contributed by atoms with van der Waals surface area (Å²) in [5.74, 6) is 0.0379. The van der Waals surface area contributed by atoms with Gasteiger partial charge in [-0.25, -0.2) is 0 Å². The van der Waals surface area contributed by atoms with E-state index in [0.717, 1.165) is 51.2 Å². The zero-order chi connectivity index (χ0) is 17.9. The van der Waals surface area contributed by atoms with Crippen molar-refractivity contribution < 1.29 is 14.3 Å². The molecule has 0 radical (unpaired) electrons. The molecule has 1 N–H and O–H groups in total. The Hall–Kier alpha value is -1.44. The number of aromatic nitrogens is 2. The monoisotopic (exact) mass is 350 g/mol. The van der Waals surface area contributed by atoms with Crippen LogP contribution in [0, 0.1) is 5.92 Å². The largest absolute Gasteiger partial charge is 0.373 e. The Morgan fingerprint density at radius 3 is 3.04 bits per heavy atom. The van der Waals surface area contributed by atoms with Gasteiger partial charge in [0.1, 0.15) is 0 Å². The Morgan fingerprint density at radius 2 is 2.32 bits per heavy atom. The maximum Gasteiger partial charge on any atom is 0.228 e. The minimum Gasteiger partial charge on any atom is -0.373 e. The number of nitrogens with zero attached hydrogens (tertiary/aromatic N) is 3. The van der Waals surface area contributed by atoms with Gasteiger partial charge in [0.15, 0.2) is 0 Å². The molecule has 2 aliphatic rings. The van der Waals surface area contributed by atoms with Crippen molar-refractivity contribution in [2.45, 2.75) is 38.4 Å². The first kappa shape index (κ1) is 18.4. The van der Waals surface area contributed by atoms with Crippen LogP contribution in [0.4, 0.5) is 0 Å². The summed E-state index contributed by atoms with van der Waals surface area (Å²) in [7, 11) is 1.90. The predicted octanol–water partition coefficient (Wildman–Crippen LogP) is 1.45. The summed E-state index contributed by atoms with van der Waals surface area (Å²) in [6.45, 7) is 9.11. The molecule has 1 amide bonds. The third-order valence-corrected chi connectivity index (χ3v) is 5.12. The molecule has 3 heterocycles. The topological polar surface area (TPSA) is 70.7 Å². The van der Waals surface area contributed by atoms with Crippen molar-refractivity contribution in [3.63, 3.8) is 0 Å². The highest BCUT2D eigenvalue weighted by atomic mass is 16.5. The molecule has 7 nitrogen and oxygen atoms in total. The van der Waals surface area contributed by atoms with Crippen molar-refractivity contribution in [3.8, 4) is 0 Å². The molecule has 0 bridgehead atoms. The zero-order valence-electron chi connectivity index (χ0n) is 15.5. The number of likely N-dealkylation sites (N-methyl/N-ethyl adjacent to an activating group) is 1. The van der Waals surface area contributed by atoms with Crippen LogP contribution < -0.4 is 0 Å². The average Bonchev–Trinajstić information content (AvgIpc) is 3.12. The van der Waals surface area contributed by atoms with Crippen LogP contribution >= 0.6 is 0 Å². The van der Waals surface area contributed by atoms with Gasteiger partial charge in [0, 0.05) is 51.6 Å². The number of carbonyl (C=O) groups excluding carboxylic acids is 1. The Morgan fingerprint density at radius 1 is 1.48 bits per heavy atom. The van der Waals surface area contributed by atoms with Gasteiger partial charge in [-0.2, -0.15) is 5.10 Å². The minimum atomic E-state index is -0.190. The normalized spacial score (nSPS) is 27.2. The molecule has 140 valence electrons. The lowest BCUT2D eigenvalue weighted by molar-refractivity contribution is -0.144. The van der Waals surface area contributed by atoms with Gasteiger partial charge < -0.3 is 14.4 Å². The highest BCUT2D eigenvalue weighted by molar-refractivity contribution is 5.79. The van der Waals surface area contributed by atoms with Crippen LogP contribution in [0.25, 0.3) is 0 Å². The second-order valence-electron chi connectivity index (χ2n) is 7.72. The fourth-order valence-electron chi connectivity index (χ4n) is 3.77. The second-order valence-corrected chi connectivity index (χ2v) is 7.72. The summed E-state index contributed by atoms with van der Waals surface area (Å²) in [4.78, 5) is 17.2. The van der Waals surface area contributed by atoms with Crippen molar-refractivity contribution >= 4 is 5.91 Å². The van der Waals surface area contributed by atoms with Crippen molar-refractivity contribution in [2.75, 3.05) is 46.4 Å². The van der Waals surface area contributed by atoms with E-state index < -0.39 is 0 Å². The zero-order valence-corrected chi connectivity index (χ0v) is 15.5. The third-order valence-electron chi connectivity index (χ3n) is 5.12. The number of morpholine rings is 1. The highest BCUT2D eigenvalue weighted by Crippen LogP contribution is 2.34. The molecule has 3 rings (SSSR count). The summed E-state index contributed by atoms with van der Waals surface area (Å²) in [5, 5.41) is 6.82. The van der Waals surface area contributed by atoms with Gasteiger partial charge in [0.2, 0.25) is 5.91 Å². The van der Waals surface area contributed by atoms with Crippen LogP contribution in [0.1, 0.15) is 38.4 Å². The van der Waals surface area contributed by atoms with Gasteiger partial charge in [0.05, 0.1) is 30.4 Å². The van der Waals surface area contributed by atoms with Gasteiger partial charge in [0.25, 0.3) is 0 Å². The standard InChI is InChI=1S/C18H30N4O3/c1-18(2)13-22(8-10-25-18)7-6-21(3)17(23)15-5-4-9-24-16(15)14-11-19-20-12-14/h11-12,15-16H,4-10,13H2,1-3H3,(H,19,20)/t15-,16+/m1/s1. The molecular formula is C18H30N4O3. The number of aromatic amines is 1. The SMILES string of the molecule is CN(CCN1CCOC(C)(C)C1)C(=O)[C@@H]1CCCO[C@H]1c1cn[nH]c1. The first-order valence-corrected chi connectivity index (χ1v) is 9.18. The number of hydrogen-bond acceptors (Lipinski definition) is 5. The maximum absolute atomic E-state index is 13.0. The first-order valence-electron chi connectivity index (χ1n) is 9.18. The molecule has 2 aliphatic heterocycles. The van der Waals surface area contributed by atoms with E-state index in [2.05, 4.69) is 28.9 Å². The maximum atomic E-state index is 13.0. The van der Waals surface area contributed by atoms with Crippen molar-refractivity contribution in [3.05, 3.63) is 18.0 Å². The van der Waals surface area contributed by atoms with Crippen molar-refractivity contribution in [1.29, 1.82) is 0 Å². The van der Waals surface area contributed by atoms with Gasteiger partial charge >= 0.3 is 0 Å². The smallest absolute Gasteiger partial charge is 0.228 e. The highest BCUT2D eigenvalue weighted by Gasteiger charge is 2.35. The summed E-state index contributed by atoms with van der Waals surface area (Å²) in [5.41, 5.74) is 0.853. The number of hydrogen-bond donors (Lipinski definition) is 1. The molecule has 1 aromatic rings. The number of amides is 1.